The molecular formula is C34H38O6S. The van der Waals surface area contributed by atoms with Crippen LogP contribution < -0.4 is 0 Å². The summed E-state index contributed by atoms with van der Waals surface area (Å²) >= 11 is 1.31. The predicted octanol–water partition coefficient (Wildman–Crippen LogP) is 6.21. The van der Waals surface area contributed by atoms with Gasteiger partial charge in [0, 0.05) is 11.5 Å². The molecule has 1 spiro atoms. The predicted molar refractivity (Wildman–Crippen MR) is 156 cm³/mol. The maximum Gasteiger partial charge on any atom is 0.349 e. The SMILES string of the molecule is CC1=CC23C(=O)C(C=C4COC(C)(C)OC4C2(O)C1OC(=O)c1sccc1-c1ccccc1)C1C(CC3C)C1(C)C. The molecule has 1 aliphatic heterocycles. The van der Waals surface area contributed by atoms with Gasteiger partial charge in [-0.1, -0.05) is 63.3 Å². The number of allylic oxidation sites excluding steroid dienone is 1. The maximum absolute atomic E-state index is 14.9. The van der Waals surface area contributed by atoms with Gasteiger partial charge in [0.05, 0.1) is 12.0 Å². The number of hydrogen-bond acceptors (Lipinski definition) is 7. The molecule has 6 nitrogen and oxygen atoms in total. The number of Topliss-reactive ketones (excluding diaryl/α,β-unsaturated/α-hetero) is 1. The van der Waals surface area contributed by atoms with Crippen LogP contribution >= 0.6 is 11.3 Å². The summed E-state index contributed by atoms with van der Waals surface area (Å²) in [5.41, 5.74) is 0.0979. The smallest absolute Gasteiger partial charge is 0.349 e. The van der Waals surface area contributed by atoms with Gasteiger partial charge in [-0.15, -0.1) is 11.3 Å². The summed E-state index contributed by atoms with van der Waals surface area (Å²) in [6.45, 7) is 12.3. The number of carbonyl (C=O) groups excluding carboxylic acids is 2. The summed E-state index contributed by atoms with van der Waals surface area (Å²) in [6.07, 6.45) is 2.84. The fourth-order valence-corrected chi connectivity index (χ4v) is 9.57. The maximum atomic E-state index is 14.9. The van der Waals surface area contributed by atoms with Crippen LogP contribution in [-0.4, -0.2) is 47.1 Å². The van der Waals surface area contributed by atoms with Crippen LogP contribution in [0.4, 0.5) is 0 Å². The van der Waals surface area contributed by atoms with Gasteiger partial charge in [-0.25, -0.2) is 4.79 Å². The van der Waals surface area contributed by atoms with Crippen LogP contribution in [0.1, 0.15) is 57.6 Å². The second kappa shape index (κ2) is 8.73. The topological polar surface area (TPSA) is 82.1 Å². The zero-order valence-electron chi connectivity index (χ0n) is 24.5. The quantitative estimate of drug-likeness (QED) is 0.347. The van der Waals surface area contributed by atoms with Gasteiger partial charge in [0.25, 0.3) is 0 Å². The number of fused-ring (bicyclic) bond motifs is 5. The lowest BCUT2D eigenvalue weighted by Gasteiger charge is -2.52. The summed E-state index contributed by atoms with van der Waals surface area (Å²) in [5.74, 6) is -1.47. The molecule has 2 aromatic rings. The minimum atomic E-state index is -1.82. The summed E-state index contributed by atoms with van der Waals surface area (Å²) in [7, 11) is 0. The number of aliphatic hydroxyl groups is 1. The summed E-state index contributed by atoms with van der Waals surface area (Å²) in [6, 6.07) is 11.6. The molecule has 1 N–H and O–H groups in total. The molecule has 7 rings (SSSR count). The van der Waals surface area contributed by atoms with E-state index in [0.717, 1.165) is 23.1 Å². The largest absolute Gasteiger partial charge is 0.450 e. The normalized spacial score (nSPS) is 39.7. The van der Waals surface area contributed by atoms with Crippen LogP contribution in [-0.2, 0) is 19.0 Å². The number of ether oxygens (including phenoxy) is 3. The highest BCUT2D eigenvalue weighted by Gasteiger charge is 2.77. The van der Waals surface area contributed by atoms with Crippen LogP contribution in [0.3, 0.4) is 0 Å². The average Bonchev–Trinajstić information content (AvgIpc) is 3.21. The van der Waals surface area contributed by atoms with Gasteiger partial charge in [-0.2, -0.15) is 0 Å². The van der Waals surface area contributed by atoms with Gasteiger partial charge >= 0.3 is 5.97 Å². The number of carbonyl (C=O) groups is 2. The molecule has 1 aromatic carbocycles. The Balaban J connectivity index is 1.35. The molecule has 1 saturated heterocycles. The fraction of sp³-hybridized carbons (Fsp3) is 0.529. The Kier molecular flexibility index (Phi) is 5.80. The first-order chi connectivity index (χ1) is 19.3. The van der Waals surface area contributed by atoms with Crippen molar-refractivity contribution in [1.82, 2.24) is 0 Å². The molecule has 216 valence electrons. The highest BCUT2D eigenvalue weighted by molar-refractivity contribution is 7.12. The highest BCUT2D eigenvalue weighted by atomic mass is 32.1. The molecule has 1 aromatic heterocycles. The van der Waals surface area contributed by atoms with E-state index in [1.54, 1.807) is 0 Å². The fourth-order valence-electron chi connectivity index (χ4n) is 8.77. The molecule has 4 aliphatic carbocycles. The van der Waals surface area contributed by atoms with Crippen molar-refractivity contribution in [2.75, 3.05) is 6.61 Å². The zero-order chi connectivity index (χ0) is 29.1. The lowest BCUT2D eigenvalue weighted by molar-refractivity contribution is -0.302. The molecule has 7 heteroatoms. The Morgan fingerprint density at radius 1 is 1.12 bits per heavy atom. The summed E-state index contributed by atoms with van der Waals surface area (Å²) in [4.78, 5) is 29.2. The van der Waals surface area contributed by atoms with Crippen molar-refractivity contribution >= 4 is 23.1 Å². The van der Waals surface area contributed by atoms with Gasteiger partial charge in [0.15, 0.2) is 23.3 Å². The van der Waals surface area contributed by atoms with Crippen LogP contribution in [0.2, 0.25) is 0 Å². The first-order valence-corrected chi connectivity index (χ1v) is 15.5. The average molecular weight is 575 g/mol. The van der Waals surface area contributed by atoms with E-state index in [1.807, 2.05) is 74.7 Å². The van der Waals surface area contributed by atoms with Crippen LogP contribution in [0.5, 0.6) is 0 Å². The summed E-state index contributed by atoms with van der Waals surface area (Å²) < 4.78 is 18.9. The Morgan fingerprint density at radius 3 is 2.59 bits per heavy atom. The Bertz CT molecular complexity index is 1500. The van der Waals surface area contributed by atoms with E-state index in [2.05, 4.69) is 20.8 Å². The molecule has 2 heterocycles. The lowest BCUT2D eigenvalue weighted by atomic mass is 9.59. The lowest BCUT2D eigenvalue weighted by Crippen LogP contribution is -2.68. The molecular weight excluding hydrogens is 536 g/mol. The Morgan fingerprint density at radius 2 is 1.85 bits per heavy atom. The third-order valence-electron chi connectivity index (χ3n) is 10.8. The van der Waals surface area contributed by atoms with Crippen molar-refractivity contribution in [2.45, 2.75) is 71.6 Å². The van der Waals surface area contributed by atoms with E-state index in [-0.39, 0.29) is 35.6 Å². The van der Waals surface area contributed by atoms with E-state index >= 15 is 0 Å². The van der Waals surface area contributed by atoms with E-state index < -0.39 is 35.0 Å². The number of esters is 1. The van der Waals surface area contributed by atoms with Crippen molar-refractivity contribution in [1.29, 1.82) is 0 Å². The zero-order valence-corrected chi connectivity index (χ0v) is 25.3. The van der Waals surface area contributed by atoms with Gasteiger partial charge in [-0.3, -0.25) is 4.79 Å². The molecule has 41 heavy (non-hydrogen) atoms. The molecule has 8 unspecified atom stereocenters. The van der Waals surface area contributed by atoms with Crippen LogP contribution in [0.25, 0.3) is 11.1 Å². The van der Waals surface area contributed by atoms with Crippen molar-refractivity contribution in [2.24, 2.45) is 34.5 Å². The van der Waals surface area contributed by atoms with Gasteiger partial charge < -0.3 is 19.3 Å². The third kappa shape index (κ3) is 3.59. The molecule has 2 saturated carbocycles. The number of ketones is 1. The second-order valence-electron chi connectivity index (χ2n) is 13.8. The van der Waals surface area contributed by atoms with Gasteiger partial charge in [0.2, 0.25) is 0 Å². The number of benzene rings is 1. The molecule has 0 radical (unpaired) electrons. The first-order valence-electron chi connectivity index (χ1n) is 14.6. The van der Waals surface area contributed by atoms with E-state index in [0.29, 0.717) is 16.4 Å². The van der Waals surface area contributed by atoms with Gasteiger partial charge in [-0.05, 0) is 78.5 Å². The monoisotopic (exact) mass is 574 g/mol. The van der Waals surface area contributed by atoms with E-state index in [9.17, 15) is 14.7 Å². The number of rotatable bonds is 3. The minimum absolute atomic E-state index is 0.00729. The van der Waals surface area contributed by atoms with E-state index in [1.165, 1.54) is 11.3 Å². The number of hydrogen-bond donors (Lipinski definition) is 1. The van der Waals surface area contributed by atoms with Crippen molar-refractivity contribution in [3.05, 3.63) is 70.0 Å². The molecule has 2 bridgehead atoms. The first kappa shape index (κ1) is 27.3. The minimum Gasteiger partial charge on any atom is -0.450 e. The second-order valence-corrected chi connectivity index (χ2v) is 14.7. The van der Waals surface area contributed by atoms with Crippen molar-refractivity contribution in [3.63, 3.8) is 0 Å². The van der Waals surface area contributed by atoms with Crippen molar-refractivity contribution < 1.29 is 28.9 Å². The summed E-state index contributed by atoms with van der Waals surface area (Å²) in [5, 5.41) is 15.1. The molecule has 5 aliphatic rings. The molecule has 8 atom stereocenters. The Labute approximate surface area is 245 Å². The highest BCUT2D eigenvalue weighted by Crippen LogP contribution is 2.72. The van der Waals surface area contributed by atoms with Crippen molar-refractivity contribution in [3.8, 4) is 11.1 Å². The Hall–Kier alpha value is -2.58. The van der Waals surface area contributed by atoms with E-state index in [4.69, 9.17) is 14.2 Å². The molecule has 0 amide bonds. The molecule has 3 fully saturated rings. The number of thiophene rings is 1. The van der Waals surface area contributed by atoms with Crippen LogP contribution in [0, 0.1) is 34.5 Å². The van der Waals surface area contributed by atoms with Gasteiger partial charge in [0.1, 0.15) is 11.0 Å². The van der Waals surface area contributed by atoms with Crippen LogP contribution in [0.15, 0.2) is 65.1 Å². The standard InChI is InChI=1S/C34H38O6S/c1-18-16-33-19(2)14-24-25(31(24,3)4)23(27(33)35)15-21-17-38-32(5,6)40-29(21)34(33,37)28(18)39-30(36)26-22(12-13-41-26)20-10-8-7-9-11-20/h7-13,15-16,19,23-25,28-29,37H,14,17H2,1-6H3. The third-order valence-corrected chi connectivity index (χ3v) is 11.7.